The van der Waals surface area contributed by atoms with Gasteiger partial charge >= 0.3 is 28.8 Å². The molecule has 0 amide bonds. The largest absolute Gasteiger partial charge is 0.455 e. The van der Waals surface area contributed by atoms with E-state index in [9.17, 15) is 9.59 Å². The summed E-state index contributed by atoms with van der Waals surface area (Å²) < 4.78 is 34.4. The number of nitrogens with two attached hydrogens (primary N) is 1. The van der Waals surface area contributed by atoms with E-state index < -0.39 is 53.3 Å². The summed E-state index contributed by atoms with van der Waals surface area (Å²) in [7, 11) is -5.73. The third-order valence-corrected chi connectivity index (χ3v) is 17.3. The summed E-state index contributed by atoms with van der Waals surface area (Å²) in [6, 6.07) is 1.51. The molecule has 1 aromatic heterocycles. The Kier molecular flexibility index (Phi) is 8.34. The van der Waals surface area contributed by atoms with Crippen molar-refractivity contribution in [3.63, 3.8) is 0 Å². The Balaban J connectivity index is 2.15. The first-order chi connectivity index (χ1) is 16.2. The van der Waals surface area contributed by atoms with E-state index in [1.165, 1.54) is 23.8 Å². The van der Waals surface area contributed by atoms with E-state index in [4.69, 9.17) is 28.2 Å². The van der Waals surface area contributed by atoms with Crippen molar-refractivity contribution in [2.24, 2.45) is 0 Å². The fourth-order valence-electron chi connectivity index (χ4n) is 5.28. The number of carbonyl (C=O) groups excluding carboxylic acids is 1. The molecule has 3 heterocycles. The number of hydrogen-bond donors (Lipinski definition) is 1. The average Bonchev–Trinajstić information content (AvgIpc) is 3.02. The topological polar surface area (TPSA) is 124 Å². The lowest BCUT2D eigenvalue weighted by Gasteiger charge is -2.51. The van der Waals surface area contributed by atoms with Crippen LogP contribution in [0, 0.1) is 0 Å². The molecule has 2 aliphatic heterocycles. The van der Waals surface area contributed by atoms with Crippen LogP contribution in [-0.2, 0) is 27.2 Å². The Morgan fingerprint density at radius 3 is 2.14 bits per heavy atom. The molecule has 3 rings (SSSR count). The Labute approximate surface area is 209 Å². The molecule has 0 bridgehead atoms. The monoisotopic (exact) mass is 527 g/mol. The summed E-state index contributed by atoms with van der Waals surface area (Å²) in [4.78, 5) is 28.7. The first-order valence-corrected chi connectivity index (χ1v) is 16.4. The van der Waals surface area contributed by atoms with Gasteiger partial charge in [-0.3, -0.25) is 9.36 Å². The van der Waals surface area contributed by atoms with Gasteiger partial charge in [0.05, 0.1) is 6.61 Å². The van der Waals surface area contributed by atoms with Gasteiger partial charge in [-0.15, -0.1) is 0 Å². The van der Waals surface area contributed by atoms with Crippen LogP contribution in [0.25, 0.3) is 0 Å². The van der Waals surface area contributed by atoms with E-state index in [1.54, 1.807) is 0 Å². The van der Waals surface area contributed by atoms with E-state index in [0.717, 1.165) is 0 Å². The van der Waals surface area contributed by atoms with Crippen molar-refractivity contribution in [2.75, 3.05) is 12.3 Å². The number of fused-ring (bicyclic) bond motifs is 1. The molecule has 0 radical (unpaired) electrons. The van der Waals surface area contributed by atoms with E-state index in [0.29, 0.717) is 0 Å². The Hall–Kier alpha value is -1.58. The van der Waals surface area contributed by atoms with Crippen LogP contribution in [0.3, 0.4) is 0 Å². The van der Waals surface area contributed by atoms with Crippen molar-refractivity contribution >= 4 is 28.9 Å². The molecule has 1 aromatic rings. The second-order valence-corrected chi connectivity index (χ2v) is 19.6. The number of aromatic nitrogens is 2. The second kappa shape index (κ2) is 10.4. The average molecular weight is 528 g/mol. The minimum atomic E-state index is -2.97. The van der Waals surface area contributed by atoms with Gasteiger partial charge in [0.15, 0.2) is 12.3 Å². The molecule has 0 saturated carbocycles. The molecule has 0 aliphatic carbocycles. The maximum atomic E-state index is 12.7. The van der Waals surface area contributed by atoms with Gasteiger partial charge in [0.1, 0.15) is 18.0 Å². The zero-order valence-corrected chi connectivity index (χ0v) is 24.3. The number of carbonyl (C=O) groups is 1. The van der Waals surface area contributed by atoms with Crippen molar-refractivity contribution in [3.05, 3.63) is 22.7 Å². The molecule has 0 aromatic carbocycles. The van der Waals surface area contributed by atoms with Crippen molar-refractivity contribution in [1.82, 2.24) is 9.55 Å². The lowest BCUT2D eigenvalue weighted by Crippen LogP contribution is -2.66. The van der Waals surface area contributed by atoms with Gasteiger partial charge in [-0.25, -0.2) is 4.79 Å². The maximum absolute atomic E-state index is 12.7. The Morgan fingerprint density at radius 1 is 1.09 bits per heavy atom. The third kappa shape index (κ3) is 5.14. The summed E-state index contributed by atoms with van der Waals surface area (Å²) in [5.41, 5.74) is 5.63. The zero-order valence-electron chi connectivity index (χ0n) is 22.3. The predicted molar refractivity (Wildman–Crippen MR) is 136 cm³/mol. The van der Waals surface area contributed by atoms with Crippen LogP contribution in [0.4, 0.5) is 5.82 Å². The van der Waals surface area contributed by atoms with Crippen molar-refractivity contribution in [2.45, 2.75) is 109 Å². The lowest BCUT2D eigenvalue weighted by molar-refractivity contribution is -0.155. The molecule has 4 atom stereocenters. The fraction of sp³-hybridized carbons (Fsp3) is 0.783. The molecule has 35 heavy (non-hydrogen) atoms. The van der Waals surface area contributed by atoms with Crippen molar-refractivity contribution in [1.29, 1.82) is 0 Å². The fourth-order valence-corrected chi connectivity index (χ4v) is 16.5. The molecule has 2 N–H and O–H groups in total. The minimum Gasteiger partial charge on any atom is -0.455 e. The highest BCUT2D eigenvalue weighted by Crippen LogP contribution is 2.48. The second-order valence-electron chi connectivity index (χ2n) is 10.7. The van der Waals surface area contributed by atoms with Crippen LogP contribution in [0.15, 0.2) is 17.1 Å². The number of nitrogens with zero attached hydrogens (tertiary/aromatic N) is 2. The van der Waals surface area contributed by atoms with Crippen molar-refractivity contribution in [3.8, 4) is 0 Å². The molecule has 2 aliphatic rings. The van der Waals surface area contributed by atoms with Gasteiger partial charge in [-0.1, -0.05) is 55.4 Å². The predicted octanol–water partition coefficient (Wildman–Crippen LogP) is 3.61. The van der Waals surface area contributed by atoms with Gasteiger partial charge in [-0.05, 0) is 28.2 Å². The summed E-state index contributed by atoms with van der Waals surface area (Å²) in [6.07, 6.45) is -1.55. The van der Waals surface area contributed by atoms with E-state index >= 15 is 0 Å². The van der Waals surface area contributed by atoms with Gasteiger partial charge in [-0.2, -0.15) is 4.98 Å². The van der Waals surface area contributed by atoms with Crippen LogP contribution in [-0.4, -0.2) is 57.6 Å². The SMILES string of the molecule is CC(=O)O[C@@H]1[C@@H]2O[Si](C(C)C)(C(C)C)O[Si](C(C)C)(C(C)C)OC[C@H]2O[C@H]1n1ccc(N)nc1=O. The molecular weight excluding hydrogens is 486 g/mol. The number of esters is 1. The van der Waals surface area contributed by atoms with Crippen molar-refractivity contribution < 1.29 is 27.2 Å². The smallest absolute Gasteiger partial charge is 0.351 e. The van der Waals surface area contributed by atoms with Crippen LogP contribution in [0.1, 0.15) is 68.5 Å². The summed E-state index contributed by atoms with van der Waals surface area (Å²) >= 11 is 0. The summed E-state index contributed by atoms with van der Waals surface area (Å²) in [6.45, 7) is 18.6. The molecule has 0 unspecified atom stereocenters. The first-order valence-electron chi connectivity index (χ1n) is 12.4. The van der Waals surface area contributed by atoms with E-state index in [2.05, 4.69) is 60.4 Å². The van der Waals surface area contributed by atoms with E-state index in [1.807, 2.05) is 0 Å². The van der Waals surface area contributed by atoms with Crippen LogP contribution >= 0.6 is 0 Å². The molecular formula is C23H41N3O7Si2. The maximum Gasteiger partial charge on any atom is 0.351 e. The zero-order chi connectivity index (χ0) is 26.3. The van der Waals surface area contributed by atoms with Gasteiger partial charge in [0, 0.05) is 13.1 Å². The normalized spacial score (nSPS) is 28.3. The minimum absolute atomic E-state index is 0.0900. The molecule has 2 saturated heterocycles. The standard InChI is InChI=1S/C23H41N3O7Si2/c1-13(2)34(14(3)4)29-12-18-20(32-35(33-34,15(5)6)16(7)8)21(30-17(9)27)22(31-18)26-11-10-19(24)25-23(26)28/h10-11,13-16,18,20-22H,12H2,1-9H3,(H2,24,25,28)/t18-,20-,21-,22-/m1/s1. The Bertz CT molecular complexity index is 953. The number of rotatable bonds is 6. The molecule has 198 valence electrons. The Morgan fingerprint density at radius 2 is 1.66 bits per heavy atom. The number of nitrogen functional groups attached to an aromatic ring is 1. The quantitative estimate of drug-likeness (QED) is 0.436. The van der Waals surface area contributed by atoms with E-state index in [-0.39, 0.29) is 34.6 Å². The summed E-state index contributed by atoms with van der Waals surface area (Å²) in [5, 5.41) is 0. The summed E-state index contributed by atoms with van der Waals surface area (Å²) in [5.74, 6) is -0.398. The number of hydrogen-bond acceptors (Lipinski definition) is 9. The highest BCUT2D eigenvalue weighted by atomic mass is 28.5. The molecule has 0 spiro atoms. The molecule has 12 heteroatoms. The van der Waals surface area contributed by atoms with Gasteiger partial charge in [0.25, 0.3) is 0 Å². The van der Waals surface area contributed by atoms with Crippen LogP contribution in [0.2, 0.25) is 22.2 Å². The number of ether oxygens (including phenoxy) is 2. The lowest BCUT2D eigenvalue weighted by atomic mass is 10.1. The highest BCUT2D eigenvalue weighted by Gasteiger charge is 2.62. The highest BCUT2D eigenvalue weighted by molar-refractivity contribution is 6.84. The first kappa shape index (κ1) is 28.0. The third-order valence-electron chi connectivity index (χ3n) is 7.04. The molecule has 10 nitrogen and oxygen atoms in total. The van der Waals surface area contributed by atoms with Gasteiger partial charge < -0.3 is 28.2 Å². The number of anilines is 1. The van der Waals surface area contributed by atoms with Crippen LogP contribution < -0.4 is 11.4 Å². The molecule has 2 fully saturated rings. The van der Waals surface area contributed by atoms with Gasteiger partial charge in [0.2, 0.25) is 0 Å². The van der Waals surface area contributed by atoms with Crippen LogP contribution in [0.5, 0.6) is 0 Å².